The number of halogens is 1. The lowest BCUT2D eigenvalue weighted by Crippen LogP contribution is -2.10. The molecule has 0 bridgehead atoms. The highest BCUT2D eigenvalue weighted by Crippen LogP contribution is 2.38. The van der Waals surface area contributed by atoms with Crippen molar-refractivity contribution in [3.63, 3.8) is 0 Å². The van der Waals surface area contributed by atoms with Crippen LogP contribution in [0.4, 0.5) is 0 Å². The van der Waals surface area contributed by atoms with Gasteiger partial charge >= 0.3 is 5.97 Å². The van der Waals surface area contributed by atoms with E-state index < -0.39 is 11.9 Å². The van der Waals surface area contributed by atoms with E-state index in [1.54, 1.807) is 0 Å². The summed E-state index contributed by atoms with van der Waals surface area (Å²) in [4.78, 5) is 10.9. The molecule has 3 nitrogen and oxygen atoms in total. The maximum atomic E-state index is 10.9. The number of carbonyl (C=O) groups is 1. The minimum absolute atomic E-state index is 0. The van der Waals surface area contributed by atoms with Gasteiger partial charge in [-0.2, -0.15) is 0 Å². The van der Waals surface area contributed by atoms with Crippen LogP contribution in [0.2, 0.25) is 0 Å². The zero-order valence-electron chi connectivity index (χ0n) is 7.51. The van der Waals surface area contributed by atoms with Gasteiger partial charge in [0.15, 0.2) is 0 Å². The second-order valence-electron chi connectivity index (χ2n) is 3.36. The number of nitrogens with two attached hydrogens (primary N) is 1. The summed E-state index contributed by atoms with van der Waals surface area (Å²) in [5, 5.41) is 8.92. The standard InChI is InChI=1S/C10H11NO2.ClH/c11-9-5-8(10(12)13)6-3-1-2-4-7(6)9;/h1-4,8-9H,5,11H2,(H,12,13);1H/t8-,9+;/m0./s1. The molecule has 0 radical (unpaired) electrons. The van der Waals surface area contributed by atoms with Gasteiger partial charge in [0.05, 0.1) is 5.92 Å². The van der Waals surface area contributed by atoms with E-state index >= 15 is 0 Å². The quantitative estimate of drug-likeness (QED) is 0.746. The van der Waals surface area contributed by atoms with Gasteiger partial charge in [0.1, 0.15) is 0 Å². The lowest BCUT2D eigenvalue weighted by molar-refractivity contribution is -0.138. The fourth-order valence-corrected chi connectivity index (χ4v) is 1.91. The monoisotopic (exact) mass is 213 g/mol. The number of carboxylic acid groups (broad SMARTS) is 1. The van der Waals surface area contributed by atoms with Crippen LogP contribution in [0.25, 0.3) is 0 Å². The second-order valence-corrected chi connectivity index (χ2v) is 3.36. The van der Waals surface area contributed by atoms with Gasteiger partial charge in [0, 0.05) is 6.04 Å². The molecule has 1 aliphatic carbocycles. The molecule has 1 aromatic rings. The maximum absolute atomic E-state index is 10.9. The smallest absolute Gasteiger partial charge is 0.311 e. The summed E-state index contributed by atoms with van der Waals surface area (Å²) in [7, 11) is 0. The summed E-state index contributed by atoms with van der Waals surface area (Å²) >= 11 is 0. The Bertz CT molecular complexity index is 354. The summed E-state index contributed by atoms with van der Waals surface area (Å²) in [6.45, 7) is 0. The first kappa shape index (κ1) is 11.0. The predicted octanol–water partition coefficient (Wildman–Crippen LogP) is 1.68. The molecule has 0 unspecified atom stereocenters. The van der Waals surface area contributed by atoms with Gasteiger partial charge in [-0.3, -0.25) is 4.79 Å². The summed E-state index contributed by atoms with van der Waals surface area (Å²) < 4.78 is 0. The Balaban J connectivity index is 0.000000980. The average Bonchev–Trinajstić information content (AvgIpc) is 2.45. The Kier molecular flexibility index (Phi) is 3.13. The van der Waals surface area contributed by atoms with Crippen molar-refractivity contribution in [3.05, 3.63) is 35.4 Å². The zero-order valence-corrected chi connectivity index (χ0v) is 8.33. The third-order valence-electron chi connectivity index (χ3n) is 2.56. The molecule has 0 heterocycles. The number of benzene rings is 1. The lowest BCUT2D eigenvalue weighted by Gasteiger charge is -2.03. The van der Waals surface area contributed by atoms with Gasteiger partial charge in [-0.05, 0) is 17.5 Å². The highest BCUT2D eigenvalue weighted by molar-refractivity contribution is 5.85. The summed E-state index contributed by atoms with van der Waals surface area (Å²) in [6.07, 6.45) is 0.523. The van der Waals surface area contributed by atoms with Crippen molar-refractivity contribution in [1.82, 2.24) is 0 Å². The SMILES string of the molecule is Cl.N[C@@H]1C[C@H](C(=O)O)c2ccccc21. The molecular formula is C10H12ClNO2. The lowest BCUT2D eigenvalue weighted by atomic mass is 10.0. The Morgan fingerprint density at radius 1 is 1.36 bits per heavy atom. The molecule has 3 N–H and O–H groups in total. The number of rotatable bonds is 1. The molecule has 0 aliphatic heterocycles. The molecule has 2 atom stereocenters. The molecule has 0 saturated carbocycles. The van der Waals surface area contributed by atoms with Crippen molar-refractivity contribution in [1.29, 1.82) is 0 Å². The van der Waals surface area contributed by atoms with Crippen molar-refractivity contribution < 1.29 is 9.90 Å². The molecule has 14 heavy (non-hydrogen) atoms. The molecule has 0 fully saturated rings. The van der Waals surface area contributed by atoms with Crippen molar-refractivity contribution in [2.75, 3.05) is 0 Å². The van der Waals surface area contributed by atoms with Crippen LogP contribution in [-0.2, 0) is 4.79 Å². The van der Waals surface area contributed by atoms with Gasteiger partial charge < -0.3 is 10.8 Å². The van der Waals surface area contributed by atoms with Gasteiger partial charge in [-0.1, -0.05) is 24.3 Å². The van der Waals surface area contributed by atoms with Gasteiger partial charge in [-0.15, -0.1) is 12.4 Å². The minimum atomic E-state index is -0.777. The number of aliphatic carboxylic acids is 1. The summed E-state index contributed by atoms with van der Waals surface area (Å²) in [6, 6.07) is 7.39. The van der Waals surface area contributed by atoms with Gasteiger partial charge in [0.2, 0.25) is 0 Å². The predicted molar refractivity (Wildman–Crippen MR) is 55.6 cm³/mol. The summed E-state index contributed by atoms with van der Waals surface area (Å²) in [5.74, 6) is -1.19. The summed E-state index contributed by atoms with van der Waals surface area (Å²) in [5.41, 5.74) is 7.67. The Morgan fingerprint density at radius 2 is 1.93 bits per heavy atom. The Labute approximate surface area is 88.3 Å². The van der Waals surface area contributed by atoms with E-state index in [4.69, 9.17) is 10.8 Å². The van der Waals surface area contributed by atoms with Crippen LogP contribution in [0, 0.1) is 0 Å². The van der Waals surface area contributed by atoms with E-state index in [1.165, 1.54) is 0 Å². The van der Waals surface area contributed by atoms with E-state index in [9.17, 15) is 4.79 Å². The van der Waals surface area contributed by atoms with Crippen molar-refractivity contribution in [2.24, 2.45) is 5.73 Å². The largest absolute Gasteiger partial charge is 0.481 e. The molecule has 0 aromatic heterocycles. The van der Waals surface area contributed by atoms with E-state index in [0.717, 1.165) is 11.1 Å². The molecule has 0 saturated heterocycles. The molecule has 1 aromatic carbocycles. The van der Waals surface area contributed by atoms with Crippen LogP contribution in [0.15, 0.2) is 24.3 Å². The Hall–Kier alpha value is -1.06. The van der Waals surface area contributed by atoms with E-state index in [0.29, 0.717) is 6.42 Å². The Morgan fingerprint density at radius 3 is 2.50 bits per heavy atom. The fraction of sp³-hybridized carbons (Fsp3) is 0.300. The zero-order chi connectivity index (χ0) is 9.42. The van der Waals surface area contributed by atoms with Gasteiger partial charge in [-0.25, -0.2) is 0 Å². The molecule has 1 aliphatic rings. The topological polar surface area (TPSA) is 63.3 Å². The number of hydrogen-bond acceptors (Lipinski definition) is 2. The normalized spacial score (nSPS) is 23.8. The first-order valence-electron chi connectivity index (χ1n) is 4.27. The van der Waals surface area contributed by atoms with Crippen molar-refractivity contribution in [2.45, 2.75) is 18.4 Å². The average molecular weight is 214 g/mol. The van der Waals surface area contributed by atoms with Crippen LogP contribution < -0.4 is 5.73 Å². The molecule has 76 valence electrons. The van der Waals surface area contributed by atoms with Crippen molar-refractivity contribution >= 4 is 18.4 Å². The van der Waals surface area contributed by atoms with Crippen LogP contribution in [0.3, 0.4) is 0 Å². The highest BCUT2D eigenvalue weighted by atomic mass is 35.5. The third-order valence-corrected chi connectivity index (χ3v) is 2.56. The molecule has 0 amide bonds. The minimum Gasteiger partial charge on any atom is -0.481 e. The number of carboxylic acids is 1. The van der Waals surface area contributed by atoms with Crippen LogP contribution in [0.1, 0.15) is 29.5 Å². The van der Waals surface area contributed by atoms with Crippen LogP contribution in [-0.4, -0.2) is 11.1 Å². The number of fused-ring (bicyclic) bond motifs is 1. The van der Waals surface area contributed by atoms with Crippen molar-refractivity contribution in [3.8, 4) is 0 Å². The highest BCUT2D eigenvalue weighted by Gasteiger charge is 2.32. The van der Waals surface area contributed by atoms with E-state index in [2.05, 4.69) is 0 Å². The number of hydrogen-bond donors (Lipinski definition) is 2. The second kappa shape index (κ2) is 3.98. The first-order chi connectivity index (χ1) is 6.20. The van der Waals surface area contributed by atoms with Crippen LogP contribution >= 0.6 is 12.4 Å². The fourth-order valence-electron chi connectivity index (χ4n) is 1.91. The first-order valence-corrected chi connectivity index (χ1v) is 4.27. The molecule has 2 rings (SSSR count). The van der Waals surface area contributed by atoms with E-state index in [-0.39, 0.29) is 18.4 Å². The van der Waals surface area contributed by atoms with Gasteiger partial charge in [0.25, 0.3) is 0 Å². The molecular weight excluding hydrogens is 202 g/mol. The maximum Gasteiger partial charge on any atom is 0.311 e. The van der Waals surface area contributed by atoms with Crippen LogP contribution in [0.5, 0.6) is 0 Å². The molecule has 0 spiro atoms. The van der Waals surface area contributed by atoms with E-state index in [1.807, 2.05) is 24.3 Å². The molecule has 4 heteroatoms. The third kappa shape index (κ3) is 1.61.